The van der Waals surface area contributed by atoms with Gasteiger partial charge in [-0.3, -0.25) is 14.5 Å². The van der Waals surface area contributed by atoms with E-state index in [1.165, 1.54) is 0 Å². The zero-order valence-corrected chi connectivity index (χ0v) is 20.2. The number of nitrogens with one attached hydrogen (secondary N) is 2. The minimum atomic E-state index is -1.34. The number of imidazole rings is 1. The molecule has 9 heteroatoms. The Hall–Kier alpha value is -4.21. The third kappa shape index (κ3) is 5.07. The van der Waals surface area contributed by atoms with E-state index in [2.05, 4.69) is 15.3 Å². The Labute approximate surface area is 209 Å². The fourth-order valence-corrected chi connectivity index (χ4v) is 4.49. The number of nitrogen functional groups attached to an aromatic ring is 1. The molecule has 4 aromatic rings. The van der Waals surface area contributed by atoms with Crippen LogP contribution in [-0.4, -0.2) is 51.0 Å². The summed E-state index contributed by atoms with van der Waals surface area (Å²) in [5.74, 6) is -0.738. The fourth-order valence-electron chi connectivity index (χ4n) is 4.49. The summed E-state index contributed by atoms with van der Waals surface area (Å²) in [6, 6.07) is 19.2. The Morgan fingerprint density at radius 1 is 1.06 bits per heavy atom. The van der Waals surface area contributed by atoms with Crippen molar-refractivity contribution in [3.63, 3.8) is 0 Å². The van der Waals surface area contributed by atoms with Crippen molar-refractivity contribution in [2.45, 2.75) is 26.0 Å². The van der Waals surface area contributed by atoms with Crippen molar-refractivity contribution in [2.75, 3.05) is 24.1 Å². The van der Waals surface area contributed by atoms with Crippen LogP contribution in [0.2, 0.25) is 0 Å². The smallest absolute Gasteiger partial charge is 0.255 e. The molecule has 0 fully saturated rings. The van der Waals surface area contributed by atoms with Crippen LogP contribution in [-0.2, 0) is 4.79 Å². The van der Waals surface area contributed by atoms with Gasteiger partial charge in [0, 0.05) is 11.3 Å². The monoisotopic (exact) mass is 486 g/mol. The number of fused-ring (bicyclic) bond motifs is 1. The maximum Gasteiger partial charge on any atom is 0.255 e. The lowest BCUT2D eigenvalue weighted by Gasteiger charge is -2.33. The van der Waals surface area contributed by atoms with Crippen LogP contribution in [0.4, 0.5) is 11.6 Å². The summed E-state index contributed by atoms with van der Waals surface area (Å²) in [6.45, 7) is 5.23. The third-order valence-electron chi connectivity index (χ3n) is 6.30. The van der Waals surface area contributed by atoms with E-state index in [1.807, 2.05) is 55.1 Å². The quantitative estimate of drug-likeness (QED) is 0.245. The second-order valence-electron chi connectivity index (χ2n) is 8.49. The minimum Gasteiger partial charge on any atom is -0.381 e. The molecule has 3 aromatic carbocycles. The predicted molar refractivity (Wildman–Crippen MR) is 141 cm³/mol. The summed E-state index contributed by atoms with van der Waals surface area (Å²) >= 11 is 0. The van der Waals surface area contributed by atoms with Crippen LogP contribution in [0.15, 0.2) is 66.7 Å². The summed E-state index contributed by atoms with van der Waals surface area (Å²) < 4.78 is 0. The number of primary amides is 1. The Morgan fingerprint density at radius 2 is 1.75 bits per heavy atom. The number of nitrogens with zero attached hydrogens (tertiary/aromatic N) is 2. The lowest BCUT2D eigenvalue weighted by molar-refractivity contribution is -0.127. The highest BCUT2D eigenvalue weighted by Gasteiger charge is 2.31. The van der Waals surface area contributed by atoms with Crippen molar-refractivity contribution < 1.29 is 14.7 Å². The lowest BCUT2D eigenvalue weighted by atomic mass is 9.94. The van der Waals surface area contributed by atoms with Crippen LogP contribution < -0.4 is 16.8 Å². The summed E-state index contributed by atoms with van der Waals surface area (Å²) in [7, 11) is 0. The predicted octanol–water partition coefficient (Wildman–Crippen LogP) is 3.29. The number of aliphatic hydroxyl groups is 1. The number of hydrogen-bond acceptors (Lipinski definition) is 6. The molecule has 1 heterocycles. The van der Waals surface area contributed by atoms with Crippen molar-refractivity contribution in [2.24, 2.45) is 5.73 Å². The van der Waals surface area contributed by atoms with Gasteiger partial charge in [-0.05, 0) is 54.0 Å². The average Bonchev–Trinajstić information content (AvgIpc) is 3.26. The van der Waals surface area contributed by atoms with Gasteiger partial charge in [-0.1, -0.05) is 56.3 Å². The van der Waals surface area contributed by atoms with Gasteiger partial charge in [0.25, 0.3) is 5.91 Å². The Bertz CT molecular complexity index is 1380. The molecule has 1 aromatic heterocycles. The van der Waals surface area contributed by atoms with Gasteiger partial charge < -0.3 is 26.9 Å². The van der Waals surface area contributed by atoms with Crippen LogP contribution >= 0.6 is 0 Å². The molecular weight excluding hydrogens is 456 g/mol. The van der Waals surface area contributed by atoms with Gasteiger partial charge in [-0.25, -0.2) is 4.98 Å². The summed E-state index contributed by atoms with van der Waals surface area (Å²) in [5, 5.41) is 14.0. The lowest BCUT2D eigenvalue weighted by Crippen LogP contribution is -2.42. The number of anilines is 2. The first kappa shape index (κ1) is 24.9. The van der Waals surface area contributed by atoms with Crippen molar-refractivity contribution >= 4 is 34.5 Å². The van der Waals surface area contributed by atoms with Gasteiger partial charge in [0.1, 0.15) is 0 Å². The largest absolute Gasteiger partial charge is 0.381 e. The number of hydrogen-bond donors (Lipinski definition) is 5. The molecule has 0 aliphatic rings. The summed E-state index contributed by atoms with van der Waals surface area (Å²) in [5.41, 5.74) is 15.9. The van der Waals surface area contributed by atoms with E-state index >= 15 is 0 Å². The molecule has 2 atom stereocenters. The van der Waals surface area contributed by atoms with Crippen LogP contribution in [0.3, 0.4) is 0 Å². The zero-order chi connectivity index (χ0) is 25.8. The Morgan fingerprint density at radius 3 is 2.42 bits per heavy atom. The maximum absolute atomic E-state index is 13.1. The summed E-state index contributed by atoms with van der Waals surface area (Å²) in [6.07, 6.45) is -1.34. The number of aromatic amines is 1. The van der Waals surface area contributed by atoms with Crippen molar-refractivity contribution in [1.82, 2.24) is 14.9 Å². The molecule has 2 amide bonds. The Balaban J connectivity index is 1.61. The first-order chi connectivity index (χ1) is 17.3. The first-order valence-corrected chi connectivity index (χ1v) is 11.8. The number of aromatic nitrogens is 2. The molecule has 7 N–H and O–H groups in total. The molecule has 36 heavy (non-hydrogen) atoms. The number of benzene rings is 3. The fraction of sp³-hybridized carbons (Fsp3) is 0.222. The van der Waals surface area contributed by atoms with E-state index in [-0.39, 0.29) is 5.95 Å². The molecule has 0 aliphatic carbocycles. The van der Waals surface area contributed by atoms with Gasteiger partial charge in [0.05, 0.1) is 17.1 Å². The highest BCUT2D eigenvalue weighted by Crippen LogP contribution is 2.30. The van der Waals surface area contributed by atoms with Crippen molar-refractivity contribution in [1.29, 1.82) is 0 Å². The van der Waals surface area contributed by atoms with E-state index in [9.17, 15) is 14.7 Å². The third-order valence-corrected chi connectivity index (χ3v) is 6.30. The molecule has 186 valence electrons. The van der Waals surface area contributed by atoms with Gasteiger partial charge in [0.15, 0.2) is 12.1 Å². The second kappa shape index (κ2) is 10.6. The standard InChI is InChI=1S/C27H30N6O3/c1-3-33(4-2)23(17-11-9-16(10-12-17)19-7-5-6-8-20(19)25(28)35)24(34)26(36)30-18-13-14-21-22(15-18)32-27(29)31-21/h5-15,23-24,34H,3-4H2,1-2H3,(H2,28,35)(H,30,36)(H3,29,31,32). The average molecular weight is 487 g/mol. The molecule has 0 saturated carbocycles. The number of H-pyrrole nitrogens is 1. The number of nitrogens with two attached hydrogens (primary N) is 2. The van der Waals surface area contributed by atoms with Crippen molar-refractivity contribution in [3.05, 3.63) is 77.9 Å². The highest BCUT2D eigenvalue weighted by molar-refractivity contribution is 6.00. The van der Waals surface area contributed by atoms with Crippen LogP contribution in [0, 0.1) is 0 Å². The Kier molecular flexibility index (Phi) is 7.33. The molecule has 0 bridgehead atoms. The SMILES string of the molecule is CCN(CC)C(c1ccc(-c2ccccc2C(N)=O)cc1)C(O)C(=O)Nc1ccc2nc(N)[nH]c2c1. The molecule has 0 radical (unpaired) electrons. The van der Waals surface area contributed by atoms with E-state index in [1.54, 1.807) is 30.3 Å². The number of rotatable bonds is 9. The van der Waals surface area contributed by atoms with Crippen LogP contribution in [0.1, 0.15) is 35.8 Å². The van der Waals surface area contributed by atoms with E-state index in [4.69, 9.17) is 11.5 Å². The number of amides is 2. The van der Waals surface area contributed by atoms with Gasteiger partial charge in [-0.2, -0.15) is 0 Å². The van der Waals surface area contributed by atoms with E-state index < -0.39 is 24.0 Å². The topological polar surface area (TPSA) is 150 Å². The first-order valence-electron chi connectivity index (χ1n) is 11.8. The highest BCUT2D eigenvalue weighted by atomic mass is 16.3. The molecule has 2 unspecified atom stereocenters. The molecule has 0 aliphatic heterocycles. The van der Waals surface area contributed by atoms with Crippen LogP contribution in [0.5, 0.6) is 0 Å². The maximum atomic E-state index is 13.1. The summed E-state index contributed by atoms with van der Waals surface area (Å²) in [4.78, 5) is 34.1. The molecule has 0 saturated heterocycles. The molecule has 4 rings (SSSR count). The van der Waals surface area contributed by atoms with E-state index in [0.717, 1.165) is 16.7 Å². The number of carbonyl (C=O) groups is 2. The van der Waals surface area contributed by atoms with Crippen LogP contribution in [0.25, 0.3) is 22.2 Å². The second-order valence-corrected chi connectivity index (χ2v) is 8.49. The molecule has 0 spiro atoms. The van der Waals surface area contributed by atoms with E-state index in [0.29, 0.717) is 35.4 Å². The van der Waals surface area contributed by atoms with Gasteiger partial charge in [-0.15, -0.1) is 0 Å². The number of likely N-dealkylation sites (N-methyl/N-ethyl adjacent to an activating group) is 1. The zero-order valence-electron chi connectivity index (χ0n) is 20.2. The normalized spacial score (nSPS) is 13.0. The minimum absolute atomic E-state index is 0.289. The van der Waals surface area contributed by atoms with Gasteiger partial charge >= 0.3 is 0 Å². The van der Waals surface area contributed by atoms with Crippen molar-refractivity contribution in [3.8, 4) is 11.1 Å². The van der Waals surface area contributed by atoms with Gasteiger partial charge in [0.2, 0.25) is 5.91 Å². The number of carbonyl (C=O) groups excluding carboxylic acids is 2. The number of aliphatic hydroxyl groups excluding tert-OH is 1. The molecule has 9 nitrogen and oxygen atoms in total. The molecular formula is C27H30N6O3.